The standard InChI is InChI=1S/C15H8F2O2/c16-11-4-5-12(10(6-11)8-18)14-7-9-2-1-3-13(17)15(9)19-14/h1-8H. The summed E-state index contributed by atoms with van der Waals surface area (Å²) in [4.78, 5) is 11.0. The van der Waals surface area contributed by atoms with Gasteiger partial charge in [-0.2, -0.15) is 0 Å². The molecule has 0 N–H and O–H groups in total. The average Bonchev–Trinajstić information content (AvgIpc) is 2.83. The molecule has 0 bridgehead atoms. The Hall–Kier alpha value is -2.49. The van der Waals surface area contributed by atoms with Crippen LogP contribution in [-0.4, -0.2) is 6.29 Å². The predicted molar refractivity (Wildman–Crippen MR) is 67.0 cm³/mol. The fourth-order valence-electron chi connectivity index (χ4n) is 2.02. The minimum absolute atomic E-state index is 0.124. The van der Waals surface area contributed by atoms with Crippen LogP contribution < -0.4 is 0 Å². The van der Waals surface area contributed by atoms with Crippen LogP contribution in [0.15, 0.2) is 46.9 Å². The number of furan rings is 1. The first-order chi connectivity index (χ1) is 9.19. The van der Waals surface area contributed by atoms with Crippen molar-refractivity contribution in [3.05, 3.63) is 59.7 Å². The molecule has 0 fully saturated rings. The van der Waals surface area contributed by atoms with Crippen LogP contribution in [0.1, 0.15) is 10.4 Å². The molecular weight excluding hydrogens is 250 g/mol. The molecule has 19 heavy (non-hydrogen) atoms. The predicted octanol–water partition coefficient (Wildman–Crippen LogP) is 4.19. The summed E-state index contributed by atoms with van der Waals surface area (Å²) < 4.78 is 32.0. The van der Waals surface area contributed by atoms with Crippen LogP contribution in [-0.2, 0) is 0 Å². The molecule has 0 saturated heterocycles. The van der Waals surface area contributed by atoms with Crippen LogP contribution in [0, 0.1) is 11.6 Å². The molecule has 0 atom stereocenters. The third-order valence-electron chi connectivity index (χ3n) is 2.90. The van der Waals surface area contributed by atoms with E-state index in [0.29, 0.717) is 23.0 Å². The Morgan fingerprint density at radius 1 is 1.05 bits per heavy atom. The summed E-state index contributed by atoms with van der Waals surface area (Å²) in [5.41, 5.74) is 0.727. The molecule has 0 aliphatic rings. The van der Waals surface area contributed by atoms with E-state index in [1.807, 2.05) is 0 Å². The summed E-state index contributed by atoms with van der Waals surface area (Å²) >= 11 is 0. The van der Waals surface area contributed by atoms with Gasteiger partial charge in [0.2, 0.25) is 0 Å². The van der Waals surface area contributed by atoms with E-state index < -0.39 is 11.6 Å². The number of benzene rings is 2. The van der Waals surface area contributed by atoms with Crippen LogP contribution in [0.2, 0.25) is 0 Å². The molecule has 0 aliphatic carbocycles. The van der Waals surface area contributed by atoms with Crippen molar-refractivity contribution < 1.29 is 18.0 Å². The second-order valence-corrected chi connectivity index (χ2v) is 4.12. The van der Waals surface area contributed by atoms with Crippen molar-refractivity contribution >= 4 is 17.3 Å². The van der Waals surface area contributed by atoms with Crippen molar-refractivity contribution in [3.8, 4) is 11.3 Å². The molecule has 0 aliphatic heterocycles. The fourth-order valence-corrected chi connectivity index (χ4v) is 2.02. The Morgan fingerprint density at radius 2 is 1.89 bits per heavy atom. The van der Waals surface area contributed by atoms with Gasteiger partial charge in [-0.15, -0.1) is 0 Å². The number of para-hydroxylation sites is 1. The topological polar surface area (TPSA) is 30.2 Å². The van der Waals surface area contributed by atoms with E-state index in [1.54, 1.807) is 18.2 Å². The second-order valence-electron chi connectivity index (χ2n) is 4.12. The molecular formula is C15H8F2O2. The van der Waals surface area contributed by atoms with Crippen LogP contribution in [0.25, 0.3) is 22.3 Å². The lowest BCUT2D eigenvalue weighted by molar-refractivity contribution is 0.112. The van der Waals surface area contributed by atoms with Gasteiger partial charge in [0.05, 0.1) is 0 Å². The largest absolute Gasteiger partial charge is 0.453 e. The van der Waals surface area contributed by atoms with Gasteiger partial charge in [-0.25, -0.2) is 8.78 Å². The lowest BCUT2D eigenvalue weighted by Crippen LogP contribution is -1.87. The first-order valence-electron chi connectivity index (χ1n) is 5.62. The molecule has 2 nitrogen and oxygen atoms in total. The van der Waals surface area contributed by atoms with E-state index in [9.17, 15) is 13.6 Å². The summed E-state index contributed by atoms with van der Waals surface area (Å²) in [5, 5.41) is 0.594. The highest BCUT2D eigenvalue weighted by molar-refractivity contribution is 5.90. The van der Waals surface area contributed by atoms with Crippen LogP contribution >= 0.6 is 0 Å². The third-order valence-corrected chi connectivity index (χ3v) is 2.90. The van der Waals surface area contributed by atoms with E-state index >= 15 is 0 Å². The zero-order valence-corrected chi connectivity index (χ0v) is 9.69. The smallest absolute Gasteiger partial charge is 0.170 e. The molecule has 3 rings (SSSR count). The maximum atomic E-state index is 13.5. The molecule has 0 radical (unpaired) electrons. The lowest BCUT2D eigenvalue weighted by Gasteiger charge is -2.00. The van der Waals surface area contributed by atoms with Crippen LogP contribution in [0.5, 0.6) is 0 Å². The van der Waals surface area contributed by atoms with Gasteiger partial charge in [0.25, 0.3) is 0 Å². The van der Waals surface area contributed by atoms with E-state index in [2.05, 4.69) is 0 Å². The molecule has 0 unspecified atom stereocenters. The van der Waals surface area contributed by atoms with Crippen LogP contribution in [0.4, 0.5) is 8.78 Å². The number of rotatable bonds is 2. The minimum atomic E-state index is -0.506. The highest BCUT2D eigenvalue weighted by Gasteiger charge is 2.13. The van der Waals surface area contributed by atoms with Gasteiger partial charge in [0, 0.05) is 16.5 Å². The molecule has 0 saturated carbocycles. The Labute approximate surface area is 107 Å². The van der Waals surface area contributed by atoms with Gasteiger partial charge in [-0.05, 0) is 30.3 Å². The first-order valence-corrected chi connectivity index (χ1v) is 5.62. The zero-order chi connectivity index (χ0) is 13.4. The van der Waals surface area contributed by atoms with Crippen molar-refractivity contribution in [3.63, 3.8) is 0 Å². The van der Waals surface area contributed by atoms with E-state index in [4.69, 9.17) is 4.42 Å². The Balaban J connectivity index is 2.24. The average molecular weight is 258 g/mol. The Bertz CT molecular complexity index is 775. The lowest BCUT2D eigenvalue weighted by atomic mass is 10.1. The van der Waals surface area contributed by atoms with Crippen LogP contribution in [0.3, 0.4) is 0 Å². The second kappa shape index (κ2) is 4.31. The van der Waals surface area contributed by atoms with Gasteiger partial charge in [0.15, 0.2) is 17.7 Å². The number of hydrogen-bond acceptors (Lipinski definition) is 2. The molecule has 3 aromatic rings. The SMILES string of the molecule is O=Cc1cc(F)ccc1-c1cc2cccc(F)c2o1. The third kappa shape index (κ3) is 1.91. The summed E-state index contributed by atoms with van der Waals surface area (Å²) in [6.45, 7) is 0. The zero-order valence-electron chi connectivity index (χ0n) is 9.69. The van der Waals surface area contributed by atoms with Crippen molar-refractivity contribution in [1.29, 1.82) is 0 Å². The number of fused-ring (bicyclic) bond motifs is 1. The van der Waals surface area contributed by atoms with E-state index in [1.165, 1.54) is 18.2 Å². The van der Waals surface area contributed by atoms with Gasteiger partial charge in [-0.3, -0.25) is 4.79 Å². The summed E-state index contributed by atoms with van der Waals surface area (Å²) in [6, 6.07) is 9.98. The van der Waals surface area contributed by atoms with Gasteiger partial charge < -0.3 is 4.42 Å². The minimum Gasteiger partial charge on any atom is -0.453 e. The molecule has 1 heterocycles. The molecule has 1 aromatic heterocycles. The quantitative estimate of drug-likeness (QED) is 0.645. The highest BCUT2D eigenvalue weighted by Crippen LogP contribution is 2.31. The monoisotopic (exact) mass is 258 g/mol. The molecule has 0 spiro atoms. The summed E-state index contributed by atoms with van der Waals surface area (Å²) in [7, 11) is 0. The van der Waals surface area contributed by atoms with Gasteiger partial charge in [-0.1, -0.05) is 12.1 Å². The summed E-state index contributed by atoms with van der Waals surface area (Å²) in [6.07, 6.45) is 0.544. The van der Waals surface area contributed by atoms with E-state index in [0.717, 1.165) is 6.07 Å². The molecule has 2 aromatic carbocycles. The van der Waals surface area contributed by atoms with Crippen molar-refractivity contribution in [2.75, 3.05) is 0 Å². The van der Waals surface area contributed by atoms with Gasteiger partial charge >= 0.3 is 0 Å². The fraction of sp³-hybridized carbons (Fsp3) is 0. The number of carbonyl (C=O) groups excluding carboxylic acids is 1. The maximum absolute atomic E-state index is 13.5. The maximum Gasteiger partial charge on any atom is 0.170 e. The number of halogens is 2. The molecule has 94 valence electrons. The number of aldehydes is 1. The number of hydrogen-bond donors (Lipinski definition) is 0. The molecule has 4 heteroatoms. The van der Waals surface area contributed by atoms with Crippen molar-refractivity contribution in [2.45, 2.75) is 0 Å². The van der Waals surface area contributed by atoms with Crippen molar-refractivity contribution in [2.24, 2.45) is 0 Å². The normalized spacial score (nSPS) is 10.8. The Kier molecular flexibility index (Phi) is 2.63. The van der Waals surface area contributed by atoms with Gasteiger partial charge in [0.1, 0.15) is 11.6 Å². The van der Waals surface area contributed by atoms with E-state index in [-0.39, 0.29) is 11.1 Å². The highest BCUT2D eigenvalue weighted by atomic mass is 19.1. The Morgan fingerprint density at radius 3 is 2.63 bits per heavy atom. The first kappa shape index (κ1) is 11.6. The van der Waals surface area contributed by atoms with Crippen molar-refractivity contribution in [1.82, 2.24) is 0 Å². The summed E-state index contributed by atoms with van der Waals surface area (Å²) in [5.74, 6) is -0.645. The number of carbonyl (C=O) groups is 1. The molecule has 0 amide bonds.